The van der Waals surface area contributed by atoms with Gasteiger partial charge in [0, 0.05) is 37.3 Å². The van der Waals surface area contributed by atoms with Crippen LogP contribution in [0.5, 0.6) is 17.2 Å². The number of aryl methyl sites for hydroxylation is 1. The van der Waals surface area contributed by atoms with Crippen LogP contribution < -0.4 is 19.1 Å². The molecule has 1 saturated heterocycles. The summed E-state index contributed by atoms with van der Waals surface area (Å²) in [4.78, 5) is 7.04. The van der Waals surface area contributed by atoms with Crippen LogP contribution in [0.4, 0.5) is 5.82 Å². The summed E-state index contributed by atoms with van der Waals surface area (Å²) in [5.41, 5.74) is 2.15. The molecule has 5 nitrogen and oxygen atoms in total. The molecule has 0 N–H and O–H groups in total. The van der Waals surface area contributed by atoms with Crippen molar-refractivity contribution in [1.82, 2.24) is 4.98 Å². The van der Waals surface area contributed by atoms with Gasteiger partial charge in [0.2, 0.25) is 0 Å². The Kier molecular flexibility index (Phi) is 6.21. The lowest BCUT2D eigenvalue weighted by Crippen LogP contribution is -2.30. The number of pyridine rings is 1. The number of anilines is 1. The van der Waals surface area contributed by atoms with E-state index in [9.17, 15) is 0 Å². The van der Waals surface area contributed by atoms with Gasteiger partial charge in [-0.15, -0.1) is 0 Å². The molecule has 0 bridgehead atoms. The molecule has 0 aliphatic carbocycles. The molecule has 2 aromatic rings. The molecular formula is C21H28N2O3. The molecule has 1 aromatic carbocycles. The molecule has 0 unspecified atom stereocenters. The molecule has 140 valence electrons. The maximum Gasteiger partial charge on any atom is 0.160 e. The molecule has 0 saturated carbocycles. The zero-order valence-electron chi connectivity index (χ0n) is 16.0. The molecule has 1 fully saturated rings. The maximum atomic E-state index is 6.01. The van der Waals surface area contributed by atoms with Gasteiger partial charge < -0.3 is 19.1 Å². The highest BCUT2D eigenvalue weighted by Gasteiger charge is 2.13. The second kappa shape index (κ2) is 8.79. The first kappa shape index (κ1) is 18.4. The summed E-state index contributed by atoms with van der Waals surface area (Å²) in [6, 6.07) is 10.0. The van der Waals surface area contributed by atoms with Gasteiger partial charge in [0.25, 0.3) is 0 Å². The highest BCUT2D eigenvalue weighted by molar-refractivity contribution is 5.46. The Morgan fingerprint density at radius 1 is 0.962 bits per heavy atom. The molecule has 3 rings (SSSR count). The van der Waals surface area contributed by atoms with Gasteiger partial charge in [0.15, 0.2) is 11.5 Å². The van der Waals surface area contributed by atoms with Gasteiger partial charge in [-0.05, 0) is 43.9 Å². The highest BCUT2D eigenvalue weighted by atomic mass is 16.5. The van der Waals surface area contributed by atoms with Crippen molar-refractivity contribution < 1.29 is 14.2 Å². The van der Waals surface area contributed by atoms with Gasteiger partial charge in [-0.3, -0.25) is 0 Å². The van der Waals surface area contributed by atoms with Gasteiger partial charge >= 0.3 is 0 Å². The minimum absolute atomic E-state index is 0.610. The van der Waals surface area contributed by atoms with Crippen LogP contribution in [0.1, 0.15) is 30.5 Å². The van der Waals surface area contributed by atoms with E-state index in [0.29, 0.717) is 6.61 Å². The number of piperidine rings is 1. The maximum absolute atomic E-state index is 6.01. The van der Waals surface area contributed by atoms with Crippen LogP contribution in [-0.4, -0.2) is 38.9 Å². The van der Waals surface area contributed by atoms with E-state index >= 15 is 0 Å². The van der Waals surface area contributed by atoms with Crippen molar-refractivity contribution in [3.63, 3.8) is 0 Å². The molecule has 2 heterocycles. The van der Waals surface area contributed by atoms with Crippen molar-refractivity contribution >= 4 is 5.82 Å². The summed E-state index contributed by atoms with van der Waals surface area (Å²) in [5.74, 6) is 3.41. The molecular weight excluding hydrogens is 328 g/mol. The molecule has 26 heavy (non-hydrogen) atoms. The third-order valence-corrected chi connectivity index (χ3v) is 4.70. The first-order valence-corrected chi connectivity index (χ1v) is 9.27. The van der Waals surface area contributed by atoms with Crippen LogP contribution in [0.15, 0.2) is 30.3 Å². The summed E-state index contributed by atoms with van der Waals surface area (Å²) in [6.45, 7) is 4.80. The first-order valence-electron chi connectivity index (χ1n) is 9.27. The number of rotatable bonds is 7. The Hall–Kier alpha value is -2.43. The van der Waals surface area contributed by atoms with Gasteiger partial charge in [-0.25, -0.2) is 4.98 Å². The number of hydrogen-bond acceptors (Lipinski definition) is 5. The van der Waals surface area contributed by atoms with Crippen LogP contribution in [0, 0.1) is 6.92 Å². The topological polar surface area (TPSA) is 43.8 Å². The second-order valence-electron chi connectivity index (χ2n) is 6.64. The van der Waals surface area contributed by atoms with E-state index < -0.39 is 0 Å². The van der Waals surface area contributed by atoms with Crippen LogP contribution in [0.3, 0.4) is 0 Å². The van der Waals surface area contributed by atoms with Gasteiger partial charge in [0.1, 0.15) is 11.6 Å². The average Bonchev–Trinajstić information content (AvgIpc) is 2.68. The van der Waals surface area contributed by atoms with E-state index in [1.54, 1.807) is 14.2 Å². The Bertz CT molecular complexity index is 727. The number of aromatic nitrogens is 1. The third-order valence-electron chi connectivity index (χ3n) is 4.70. The Labute approximate surface area is 155 Å². The molecule has 0 radical (unpaired) electrons. The smallest absolute Gasteiger partial charge is 0.160 e. The second-order valence-corrected chi connectivity index (χ2v) is 6.64. The fourth-order valence-electron chi connectivity index (χ4n) is 3.31. The van der Waals surface area contributed by atoms with Gasteiger partial charge in [0.05, 0.1) is 20.8 Å². The van der Waals surface area contributed by atoms with Gasteiger partial charge in [-0.1, -0.05) is 6.07 Å². The molecule has 1 aliphatic heterocycles. The highest BCUT2D eigenvalue weighted by Crippen LogP contribution is 2.28. The summed E-state index contributed by atoms with van der Waals surface area (Å²) >= 11 is 0. The Morgan fingerprint density at radius 3 is 2.46 bits per heavy atom. The van der Waals surface area contributed by atoms with Crippen molar-refractivity contribution in [3.8, 4) is 17.2 Å². The number of ether oxygens (including phenoxy) is 3. The summed E-state index contributed by atoms with van der Waals surface area (Å²) in [5, 5.41) is 0. The summed E-state index contributed by atoms with van der Waals surface area (Å²) < 4.78 is 16.7. The lowest BCUT2D eigenvalue weighted by molar-refractivity contribution is 0.320. The Balaban J connectivity index is 1.62. The largest absolute Gasteiger partial charge is 0.493 e. The normalized spacial score (nSPS) is 14.2. The predicted octanol–water partition coefficient (Wildman–Crippen LogP) is 4.02. The van der Waals surface area contributed by atoms with E-state index in [2.05, 4.69) is 16.0 Å². The fraction of sp³-hybridized carbons (Fsp3) is 0.476. The minimum atomic E-state index is 0.610. The number of methoxy groups -OCH3 is 2. The molecule has 0 atom stereocenters. The van der Waals surface area contributed by atoms with Crippen LogP contribution in [0.2, 0.25) is 0 Å². The average molecular weight is 356 g/mol. The van der Waals surface area contributed by atoms with Crippen molar-refractivity contribution in [2.75, 3.05) is 38.8 Å². The van der Waals surface area contributed by atoms with Crippen LogP contribution in [0.25, 0.3) is 0 Å². The molecule has 0 spiro atoms. The Morgan fingerprint density at radius 2 is 1.73 bits per heavy atom. The van der Waals surface area contributed by atoms with E-state index in [0.717, 1.165) is 53.8 Å². The number of nitrogens with zero attached hydrogens (tertiary/aromatic N) is 2. The van der Waals surface area contributed by atoms with Crippen LogP contribution in [-0.2, 0) is 6.42 Å². The minimum Gasteiger partial charge on any atom is -0.493 e. The standard InChI is InChI=1S/C21H28N2O3/c1-16-13-18(15-21(22-16)23-10-5-4-6-11-23)26-12-9-17-7-8-19(24-2)20(14-17)25-3/h7-8,13-15H,4-6,9-12H2,1-3H3. The van der Waals surface area contributed by atoms with Crippen LogP contribution >= 0.6 is 0 Å². The van der Waals surface area contributed by atoms with Gasteiger partial charge in [-0.2, -0.15) is 0 Å². The van der Waals surface area contributed by atoms with E-state index in [4.69, 9.17) is 14.2 Å². The van der Waals surface area contributed by atoms with Crippen molar-refractivity contribution in [3.05, 3.63) is 41.6 Å². The molecule has 1 aromatic heterocycles. The SMILES string of the molecule is COc1ccc(CCOc2cc(C)nc(N3CCCCC3)c2)cc1OC. The lowest BCUT2D eigenvalue weighted by atomic mass is 10.1. The zero-order valence-corrected chi connectivity index (χ0v) is 16.0. The van der Waals surface area contributed by atoms with E-state index in [1.165, 1.54) is 19.3 Å². The number of hydrogen-bond donors (Lipinski definition) is 0. The molecule has 0 amide bonds. The predicted molar refractivity (Wildman–Crippen MR) is 104 cm³/mol. The zero-order chi connectivity index (χ0) is 18.4. The lowest BCUT2D eigenvalue weighted by Gasteiger charge is -2.28. The van der Waals surface area contributed by atoms with Crippen molar-refractivity contribution in [1.29, 1.82) is 0 Å². The van der Waals surface area contributed by atoms with Crippen molar-refractivity contribution in [2.45, 2.75) is 32.6 Å². The first-order chi connectivity index (χ1) is 12.7. The van der Waals surface area contributed by atoms with Crippen molar-refractivity contribution in [2.24, 2.45) is 0 Å². The fourth-order valence-corrected chi connectivity index (χ4v) is 3.31. The summed E-state index contributed by atoms with van der Waals surface area (Å²) in [6.07, 6.45) is 4.61. The summed E-state index contributed by atoms with van der Waals surface area (Å²) in [7, 11) is 3.30. The number of benzene rings is 1. The van der Waals surface area contributed by atoms with E-state index in [-0.39, 0.29) is 0 Å². The molecule has 5 heteroatoms. The van der Waals surface area contributed by atoms with E-state index in [1.807, 2.05) is 31.2 Å². The third kappa shape index (κ3) is 4.59. The quantitative estimate of drug-likeness (QED) is 0.750. The monoisotopic (exact) mass is 356 g/mol. The molecule has 1 aliphatic rings.